The molecule has 20 N–H and O–H groups in total. The highest BCUT2D eigenvalue weighted by Gasteiger charge is 2.43. The molecule has 2 rings (SSSR count). The van der Waals surface area contributed by atoms with Gasteiger partial charge in [0.05, 0.1) is 26.4 Å². The summed E-state index contributed by atoms with van der Waals surface area (Å²) < 4.78 is 9.15. The SMILES string of the molecule is O=CC(O)C(O)C(O)C(O)CO.O=CC(O)C(O)C(O)C(O)CO.OCC1O[C@@H](O)C(O)[C@H](O)[C@H]1O.OCC1O[C@@H](O)C(O)[C@H](O)[C@H]1O. The minimum Gasteiger partial charge on any atom is -0.394 e. The number of aldehydes is 2. The maximum absolute atomic E-state index is 9.90. The van der Waals surface area contributed by atoms with Crippen molar-refractivity contribution in [1.29, 1.82) is 0 Å². The van der Waals surface area contributed by atoms with Gasteiger partial charge in [0, 0.05) is 0 Å². The Bertz CT molecular complexity index is 766. The normalized spacial score (nSPS) is 35.2. The van der Waals surface area contributed by atoms with Crippen LogP contribution in [0.2, 0.25) is 0 Å². The molecule has 0 bridgehead atoms. The fraction of sp³-hybridized carbons (Fsp3) is 0.917. The lowest BCUT2D eigenvalue weighted by molar-refractivity contribution is -0.286. The lowest BCUT2D eigenvalue weighted by Gasteiger charge is -2.37. The van der Waals surface area contributed by atoms with Crippen LogP contribution < -0.4 is 0 Å². The van der Waals surface area contributed by atoms with Crippen LogP contribution in [0.4, 0.5) is 0 Å². The van der Waals surface area contributed by atoms with Crippen LogP contribution in [0.25, 0.3) is 0 Å². The molecule has 0 aromatic rings. The first kappa shape index (κ1) is 48.6. The van der Waals surface area contributed by atoms with Gasteiger partial charge in [-0.2, -0.15) is 0 Å². The molecule has 0 saturated carbocycles. The van der Waals surface area contributed by atoms with Crippen LogP contribution in [0.1, 0.15) is 0 Å². The van der Waals surface area contributed by atoms with E-state index in [1.807, 2.05) is 0 Å². The van der Waals surface area contributed by atoms with Crippen molar-refractivity contribution in [3.63, 3.8) is 0 Å². The van der Waals surface area contributed by atoms with Gasteiger partial charge in [-0.15, -0.1) is 0 Å². The molecule has 0 aromatic carbocycles. The van der Waals surface area contributed by atoms with E-state index in [9.17, 15) is 9.59 Å². The number of aliphatic hydroxyl groups is 20. The second-order valence-corrected chi connectivity index (χ2v) is 10.2. The average Bonchev–Trinajstić information content (AvgIpc) is 3.10. The topological polar surface area (TPSA) is 457 Å². The van der Waals surface area contributed by atoms with Crippen LogP contribution in [0.5, 0.6) is 0 Å². The van der Waals surface area contributed by atoms with Gasteiger partial charge in [-0.3, -0.25) is 0 Å². The number of aliphatic hydroxyl groups excluding tert-OH is 20. The van der Waals surface area contributed by atoms with E-state index in [0.29, 0.717) is 0 Å². The van der Waals surface area contributed by atoms with Crippen LogP contribution >= 0.6 is 0 Å². The third kappa shape index (κ3) is 15.1. The summed E-state index contributed by atoms with van der Waals surface area (Å²) in [5.41, 5.74) is 0. The Morgan fingerprint density at radius 2 is 0.708 bits per heavy atom. The highest BCUT2D eigenvalue weighted by atomic mass is 16.6. The average molecular weight is 721 g/mol. The molecule has 2 saturated heterocycles. The molecule has 0 spiro atoms. The molecule has 0 amide bonds. The van der Waals surface area contributed by atoms with Crippen molar-refractivity contribution in [3.05, 3.63) is 0 Å². The Morgan fingerprint density at radius 3 is 0.917 bits per heavy atom. The van der Waals surface area contributed by atoms with E-state index in [0.717, 1.165) is 0 Å². The van der Waals surface area contributed by atoms with Gasteiger partial charge >= 0.3 is 0 Å². The molecule has 12 unspecified atom stereocenters. The summed E-state index contributed by atoms with van der Waals surface area (Å²) in [6, 6.07) is 0. The molecule has 288 valence electrons. The summed E-state index contributed by atoms with van der Waals surface area (Å²) in [4.78, 5) is 19.8. The summed E-state index contributed by atoms with van der Waals surface area (Å²) in [5.74, 6) is 0. The van der Waals surface area contributed by atoms with Gasteiger partial charge in [0.15, 0.2) is 25.2 Å². The van der Waals surface area contributed by atoms with E-state index in [4.69, 9.17) is 102 Å². The van der Waals surface area contributed by atoms with Gasteiger partial charge in [0.1, 0.15) is 97.7 Å². The molecule has 0 aliphatic carbocycles. The van der Waals surface area contributed by atoms with Crippen molar-refractivity contribution in [2.24, 2.45) is 0 Å². The zero-order valence-corrected chi connectivity index (χ0v) is 25.0. The molecule has 2 heterocycles. The van der Waals surface area contributed by atoms with E-state index in [-0.39, 0.29) is 12.6 Å². The smallest absolute Gasteiger partial charge is 0.184 e. The molecule has 0 radical (unpaired) electrons. The minimum absolute atomic E-state index is 0.0258. The maximum Gasteiger partial charge on any atom is 0.184 e. The Hall–Kier alpha value is -1.54. The second kappa shape index (κ2) is 24.6. The second-order valence-electron chi connectivity index (χ2n) is 10.2. The molecule has 48 heavy (non-hydrogen) atoms. The molecular formula is C24H48O24. The van der Waals surface area contributed by atoms with Gasteiger partial charge < -0.3 is 121 Å². The number of rotatable bonds is 12. The van der Waals surface area contributed by atoms with Crippen molar-refractivity contribution in [2.75, 3.05) is 26.4 Å². The van der Waals surface area contributed by atoms with Crippen LogP contribution in [0, 0.1) is 0 Å². The first-order valence-electron chi connectivity index (χ1n) is 13.8. The highest BCUT2D eigenvalue weighted by Crippen LogP contribution is 2.20. The van der Waals surface area contributed by atoms with Gasteiger partial charge in [0.25, 0.3) is 0 Å². The molecule has 2 aliphatic rings. The molecular weight excluding hydrogens is 672 g/mol. The van der Waals surface area contributed by atoms with Crippen LogP contribution in [-0.4, -0.2) is 251 Å². The fourth-order valence-electron chi connectivity index (χ4n) is 3.40. The lowest BCUT2D eigenvalue weighted by atomic mass is 10.00. The lowest BCUT2D eigenvalue weighted by Crippen LogP contribution is -2.58. The number of hydrogen-bond donors (Lipinski definition) is 20. The van der Waals surface area contributed by atoms with Gasteiger partial charge in [-0.25, -0.2) is 0 Å². The van der Waals surface area contributed by atoms with Gasteiger partial charge in [0.2, 0.25) is 0 Å². The quantitative estimate of drug-likeness (QED) is 0.0832. The highest BCUT2D eigenvalue weighted by molar-refractivity contribution is 5.57. The van der Waals surface area contributed by atoms with Gasteiger partial charge in [-0.05, 0) is 0 Å². The van der Waals surface area contributed by atoms with Crippen molar-refractivity contribution >= 4 is 12.6 Å². The summed E-state index contributed by atoms with van der Waals surface area (Å²) in [6.07, 6.45) is -27.8. The molecule has 18 atom stereocenters. The minimum atomic E-state index is -1.79. The largest absolute Gasteiger partial charge is 0.394 e. The van der Waals surface area contributed by atoms with Crippen molar-refractivity contribution < 1.29 is 121 Å². The number of carbonyl (C=O) groups excluding carboxylic acids is 2. The zero-order chi connectivity index (χ0) is 38.0. The fourth-order valence-corrected chi connectivity index (χ4v) is 3.40. The number of carbonyl (C=O) groups is 2. The summed E-state index contributed by atoms with van der Waals surface area (Å²) in [5, 5.41) is 176. The molecule has 24 nitrogen and oxygen atoms in total. The standard InChI is InChI=1S/4C6H12O6/c2*7-1-2-3(8)4(9)5(10)6(11)12-2;2*7-1-3(9)5(11)6(12)4(10)2-8/h2*2-11H,1H2;2*1,3-6,8-12H,2H2/t2*2?,3-,4+,5?,6+;;/m00../s1. The van der Waals surface area contributed by atoms with Gasteiger partial charge in [-0.1, -0.05) is 0 Å². The Kier molecular flexibility index (Phi) is 24.9. The van der Waals surface area contributed by atoms with Crippen LogP contribution in [-0.2, 0) is 19.1 Å². The first-order chi connectivity index (χ1) is 22.2. The van der Waals surface area contributed by atoms with Crippen molar-refractivity contribution in [2.45, 2.75) is 110 Å². The first-order valence-corrected chi connectivity index (χ1v) is 13.8. The van der Waals surface area contributed by atoms with E-state index in [1.54, 1.807) is 0 Å². The third-order valence-electron chi connectivity index (χ3n) is 6.58. The predicted octanol–water partition coefficient (Wildman–Crippen LogP) is -13.2. The maximum atomic E-state index is 9.90. The zero-order valence-electron chi connectivity index (χ0n) is 25.0. The predicted molar refractivity (Wildman–Crippen MR) is 146 cm³/mol. The van der Waals surface area contributed by atoms with Crippen molar-refractivity contribution in [3.8, 4) is 0 Å². The Labute approximate surface area is 271 Å². The van der Waals surface area contributed by atoms with E-state index in [2.05, 4.69) is 9.47 Å². The molecule has 2 fully saturated rings. The molecule has 2 aliphatic heterocycles. The number of ether oxygens (including phenoxy) is 2. The summed E-state index contributed by atoms with van der Waals surface area (Å²) in [6.45, 7) is -2.57. The van der Waals surface area contributed by atoms with Crippen LogP contribution in [0.15, 0.2) is 0 Å². The van der Waals surface area contributed by atoms with E-state index in [1.165, 1.54) is 0 Å². The van der Waals surface area contributed by atoms with Crippen molar-refractivity contribution in [1.82, 2.24) is 0 Å². The molecule has 0 aromatic heterocycles. The van der Waals surface area contributed by atoms with E-state index >= 15 is 0 Å². The summed E-state index contributed by atoms with van der Waals surface area (Å²) >= 11 is 0. The number of hydrogen-bond acceptors (Lipinski definition) is 24. The third-order valence-corrected chi connectivity index (χ3v) is 6.58. The monoisotopic (exact) mass is 720 g/mol. The Balaban J connectivity index is 0. The van der Waals surface area contributed by atoms with Crippen LogP contribution in [0.3, 0.4) is 0 Å². The molecule has 24 heteroatoms. The van der Waals surface area contributed by atoms with E-state index < -0.39 is 137 Å². The summed E-state index contributed by atoms with van der Waals surface area (Å²) in [7, 11) is 0. The Morgan fingerprint density at radius 1 is 0.438 bits per heavy atom.